The van der Waals surface area contributed by atoms with Crippen LogP contribution in [0.3, 0.4) is 0 Å². The maximum Gasteiger partial charge on any atom is 0.342 e. The van der Waals surface area contributed by atoms with Crippen molar-refractivity contribution in [2.45, 2.75) is 13.5 Å². The van der Waals surface area contributed by atoms with E-state index in [4.69, 9.17) is 4.74 Å². The second-order valence-electron chi connectivity index (χ2n) is 6.31. The molecule has 0 saturated heterocycles. The highest BCUT2D eigenvalue weighted by molar-refractivity contribution is 6.06. The number of aryl methyl sites for hydroxylation is 1. The van der Waals surface area contributed by atoms with E-state index in [0.29, 0.717) is 17.1 Å². The van der Waals surface area contributed by atoms with Gasteiger partial charge in [0.25, 0.3) is 0 Å². The quantitative estimate of drug-likeness (QED) is 0.237. The van der Waals surface area contributed by atoms with Gasteiger partial charge in [0.2, 0.25) is 0 Å². The smallest absolute Gasteiger partial charge is 0.342 e. The summed E-state index contributed by atoms with van der Waals surface area (Å²) in [6, 6.07) is 9.23. The number of ether oxygens (including phenoxy) is 1. The van der Waals surface area contributed by atoms with Gasteiger partial charge in [0.15, 0.2) is 11.6 Å². The zero-order valence-corrected chi connectivity index (χ0v) is 15.9. The lowest BCUT2D eigenvalue weighted by molar-refractivity contribution is -0.392. The predicted molar refractivity (Wildman–Crippen MR) is 105 cm³/mol. The number of nitrogens with zero attached hydrogens (tertiary/aromatic N) is 3. The Bertz CT molecular complexity index is 1110. The van der Waals surface area contributed by atoms with Crippen LogP contribution in [0.25, 0.3) is 6.08 Å². The number of aromatic nitrogens is 2. The minimum absolute atomic E-state index is 0.0211. The summed E-state index contributed by atoms with van der Waals surface area (Å²) in [7, 11) is 0. The number of allylic oxidation sites excluding steroid dienone is 1. The van der Waals surface area contributed by atoms with Crippen LogP contribution in [-0.2, 0) is 6.54 Å². The van der Waals surface area contributed by atoms with Gasteiger partial charge in [-0.3, -0.25) is 4.79 Å². The summed E-state index contributed by atoms with van der Waals surface area (Å²) in [4.78, 5) is 26.6. The van der Waals surface area contributed by atoms with Crippen molar-refractivity contribution in [1.82, 2.24) is 9.55 Å². The summed E-state index contributed by atoms with van der Waals surface area (Å²) in [5.41, 5.74) is 0.323. The number of carbonyl (C=O) groups is 1. The lowest BCUT2D eigenvalue weighted by Gasteiger charge is -2.07. The van der Waals surface area contributed by atoms with E-state index in [0.717, 1.165) is 24.3 Å². The summed E-state index contributed by atoms with van der Waals surface area (Å²) >= 11 is 0. The molecule has 7 nitrogen and oxygen atoms in total. The van der Waals surface area contributed by atoms with Crippen LogP contribution in [-0.4, -0.2) is 26.9 Å². The Hall–Kier alpha value is -3.88. The van der Waals surface area contributed by atoms with Crippen LogP contribution >= 0.6 is 0 Å². The summed E-state index contributed by atoms with van der Waals surface area (Å²) in [5, 5.41) is 11.0. The van der Waals surface area contributed by atoms with Crippen LogP contribution in [0.1, 0.15) is 21.7 Å². The van der Waals surface area contributed by atoms with E-state index in [2.05, 4.69) is 4.98 Å². The Morgan fingerprint density at radius 1 is 1.23 bits per heavy atom. The molecule has 3 rings (SSSR count). The fraction of sp³-hybridized carbons (Fsp3) is 0.143. The minimum Gasteiger partial charge on any atom is -0.489 e. The maximum absolute atomic E-state index is 13.6. The molecule has 0 bridgehead atoms. The molecule has 1 heterocycles. The SMILES string of the molecule is Cc1ncc([N+](=O)[O-])n1CCOc1ccc(C(=O)/C=C/c2cc(F)ccc2F)cc1. The van der Waals surface area contributed by atoms with Gasteiger partial charge >= 0.3 is 5.82 Å². The first-order chi connectivity index (χ1) is 14.3. The van der Waals surface area contributed by atoms with Gasteiger partial charge in [0.1, 0.15) is 36.7 Å². The standard InChI is InChI=1S/C21H17F2N3O4/c1-14-24-13-21(26(28)29)25(14)10-11-30-18-6-2-15(3-7-18)20(27)9-4-16-12-17(22)5-8-19(16)23/h2-9,12-13H,10-11H2,1H3/b9-4+. The third kappa shape index (κ3) is 4.93. The number of halogens is 2. The summed E-state index contributed by atoms with van der Waals surface area (Å²) < 4.78 is 33.8. The number of imidazole rings is 1. The zero-order chi connectivity index (χ0) is 21.7. The first-order valence-electron chi connectivity index (χ1n) is 8.92. The van der Waals surface area contributed by atoms with Crippen molar-refractivity contribution < 1.29 is 23.2 Å². The number of nitro groups is 1. The van der Waals surface area contributed by atoms with Gasteiger partial charge in [0.05, 0.1) is 0 Å². The topological polar surface area (TPSA) is 87.3 Å². The first kappa shape index (κ1) is 20.8. The molecule has 9 heteroatoms. The van der Waals surface area contributed by atoms with Crippen LogP contribution in [0, 0.1) is 28.7 Å². The molecule has 0 N–H and O–H groups in total. The van der Waals surface area contributed by atoms with Gasteiger partial charge in [-0.25, -0.2) is 18.3 Å². The van der Waals surface area contributed by atoms with Crippen LogP contribution in [0.15, 0.2) is 54.7 Å². The molecular formula is C21H17F2N3O4. The maximum atomic E-state index is 13.6. The largest absolute Gasteiger partial charge is 0.489 e. The molecule has 30 heavy (non-hydrogen) atoms. The third-order valence-electron chi connectivity index (χ3n) is 4.32. The molecule has 0 spiro atoms. The second kappa shape index (κ2) is 9.08. The van der Waals surface area contributed by atoms with Crippen molar-refractivity contribution in [3.63, 3.8) is 0 Å². The Morgan fingerprint density at radius 2 is 1.97 bits per heavy atom. The molecule has 0 fully saturated rings. The molecule has 0 aliphatic rings. The van der Waals surface area contributed by atoms with E-state index >= 15 is 0 Å². The number of rotatable bonds is 8. The van der Waals surface area contributed by atoms with Crippen molar-refractivity contribution in [2.75, 3.05) is 6.61 Å². The molecule has 0 radical (unpaired) electrons. The van der Waals surface area contributed by atoms with E-state index in [1.165, 1.54) is 29.0 Å². The Balaban J connectivity index is 1.59. The molecule has 0 amide bonds. The average Bonchev–Trinajstić information content (AvgIpc) is 3.10. The van der Waals surface area contributed by atoms with Gasteiger partial charge in [-0.2, -0.15) is 0 Å². The summed E-state index contributed by atoms with van der Waals surface area (Å²) in [5.74, 6) is -0.730. The monoisotopic (exact) mass is 413 g/mol. The van der Waals surface area contributed by atoms with E-state index < -0.39 is 16.6 Å². The van der Waals surface area contributed by atoms with Crippen LogP contribution in [0.5, 0.6) is 5.75 Å². The number of hydrogen-bond acceptors (Lipinski definition) is 5. The number of carbonyl (C=O) groups excluding carboxylic acids is 1. The third-order valence-corrected chi connectivity index (χ3v) is 4.32. The molecule has 0 saturated carbocycles. The minimum atomic E-state index is -0.627. The van der Waals surface area contributed by atoms with Gasteiger partial charge in [-0.1, -0.05) is 0 Å². The van der Waals surface area contributed by atoms with Gasteiger partial charge in [-0.05, 0) is 59.5 Å². The van der Waals surface area contributed by atoms with Crippen molar-refractivity contribution in [3.05, 3.63) is 93.4 Å². The highest BCUT2D eigenvalue weighted by Gasteiger charge is 2.17. The molecule has 154 valence electrons. The number of hydrogen-bond donors (Lipinski definition) is 0. The van der Waals surface area contributed by atoms with Crippen molar-refractivity contribution in [3.8, 4) is 5.75 Å². The lowest BCUT2D eigenvalue weighted by Crippen LogP contribution is -2.11. The number of benzene rings is 2. The molecular weight excluding hydrogens is 396 g/mol. The molecule has 0 aliphatic heterocycles. The molecule has 1 aromatic heterocycles. The van der Waals surface area contributed by atoms with Crippen LogP contribution in [0.2, 0.25) is 0 Å². The highest BCUT2D eigenvalue weighted by atomic mass is 19.1. The summed E-state index contributed by atoms with van der Waals surface area (Å²) in [6.07, 6.45) is 3.57. The van der Waals surface area contributed by atoms with E-state index in [1.807, 2.05) is 0 Å². The van der Waals surface area contributed by atoms with Crippen LogP contribution < -0.4 is 4.74 Å². The zero-order valence-electron chi connectivity index (χ0n) is 15.9. The molecule has 3 aromatic rings. The van der Waals surface area contributed by atoms with Crippen molar-refractivity contribution >= 4 is 17.7 Å². The second-order valence-corrected chi connectivity index (χ2v) is 6.31. The highest BCUT2D eigenvalue weighted by Crippen LogP contribution is 2.17. The van der Waals surface area contributed by atoms with Crippen molar-refractivity contribution in [2.24, 2.45) is 0 Å². The van der Waals surface area contributed by atoms with Crippen LogP contribution in [0.4, 0.5) is 14.6 Å². The van der Waals surface area contributed by atoms with Gasteiger partial charge in [-0.15, -0.1) is 0 Å². The van der Waals surface area contributed by atoms with E-state index in [-0.39, 0.29) is 30.3 Å². The summed E-state index contributed by atoms with van der Waals surface area (Å²) in [6.45, 7) is 2.07. The lowest BCUT2D eigenvalue weighted by atomic mass is 10.1. The Morgan fingerprint density at radius 3 is 2.67 bits per heavy atom. The molecule has 0 atom stereocenters. The molecule has 2 aromatic carbocycles. The van der Waals surface area contributed by atoms with Crippen molar-refractivity contribution in [1.29, 1.82) is 0 Å². The fourth-order valence-electron chi connectivity index (χ4n) is 2.75. The first-order valence-corrected chi connectivity index (χ1v) is 8.92. The van der Waals surface area contributed by atoms with Gasteiger partial charge in [0, 0.05) is 18.1 Å². The van der Waals surface area contributed by atoms with E-state index in [1.54, 1.807) is 19.1 Å². The molecule has 0 aliphatic carbocycles. The number of ketones is 1. The average molecular weight is 413 g/mol. The Kier molecular flexibility index (Phi) is 6.31. The predicted octanol–water partition coefficient (Wildman–Crippen LogP) is 4.35. The van der Waals surface area contributed by atoms with Gasteiger partial charge < -0.3 is 14.9 Å². The Labute approximate surface area is 170 Å². The fourth-order valence-corrected chi connectivity index (χ4v) is 2.75. The molecule has 0 unspecified atom stereocenters. The van der Waals surface area contributed by atoms with E-state index in [9.17, 15) is 23.7 Å². The normalized spacial score (nSPS) is 11.0.